The molecule has 0 saturated carbocycles. The molecule has 0 aliphatic carbocycles. The number of methoxy groups -OCH3 is 2. The highest BCUT2D eigenvalue weighted by molar-refractivity contribution is 5.91. The van der Waals surface area contributed by atoms with Crippen molar-refractivity contribution >= 4 is 17.7 Å². The number of carboxylic acid groups (broad SMARTS) is 1. The van der Waals surface area contributed by atoms with Crippen molar-refractivity contribution < 1.29 is 28.9 Å². The number of amides is 2. The number of carbonyl (C=O) groups is 2. The summed E-state index contributed by atoms with van der Waals surface area (Å²) in [6.45, 7) is 4.87. The van der Waals surface area contributed by atoms with Crippen molar-refractivity contribution in [1.29, 1.82) is 0 Å². The lowest BCUT2D eigenvalue weighted by Gasteiger charge is -2.24. The van der Waals surface area contributed by atoms with Crippen LogP contribution in [0.5, 0.6) is 17.2 Å². The van der Waals surface area contributed by atoms with Gasteiger partial charge in [-0.15, -0.1) is 0 Å². The molecule has 1 atom stereocenters. The van der Waals surface area contributed by atoms with Crippen LogP contribution >= 0.6 is 0 Å². The number of rotatable bonds is 13. The number of ether oxygens (including phenoxy) is 3. The normalized spacial score (nSPS) is 11.4. The largest absolute Gasteiger partial charge is 0.497 e. The van der Waals surface area contributed by atoms with E-state index in [0.717, 1.165) is 24.8 Å². The lowest BCUT2D eigenvalue weighted by atomic mass is 10.2. The molecule has 0 aliphatic rings. The average molecular weight is 459 g/mol. The van der Waals surface area contributed by atoms with E-state index < -0.39 is 11.9 Å². The Morgan fingerprint density at radius 3 is 2.33 bits per heavy atom. The lowest BCUT2D eigenvalue weighted by Crippen LogP contribution is -2.35. The lowest BCUT2D eigenvalue weighted by molar-refractivity contribution is -0.142. The first-order valence-corrected chi connectivity index (χ1v) is 11.1. The minimum Gasteiger partial charge on any atom is -0.497 e. The van der Waals surface area contributed by atoms with Gasteiger partial charge in [-0.05, 0) is 43.2 Å². The number of carbonyl (C=O) groups excluding carboxylic acids is 1. The Morgan fingerprint density at radius 2 is 1.73 bits per heavy atom. The summed E-state index contributed by atoms with van der Waals surface area (Å²) in [6.07, 6.45) is 2.99. The summed E-state index contributed by atoms with van der Waals surface area (Å²) in [5, 5.41) is 11.9. The number of nitrogens with zero attached hydrogens (tertiary/aromatic N) is 1. The maximum atomic E-state index is 13.1. The molecule has 1 unspecified atom stereocenters. The zero-order valence-corrected chi connectivity index (χ0v) is 19.8. The van der Waals surface area contributed by atoms with Crippen molar-refractivity contribution in [2.45, 2.75) is 39.7 Å². The van der Waals surface area contributed by atoms with E-state index in [2.05, 4.69) is 12.2 Å². The predicted molar refractivity (Wildman–Crippen MR) is 127 cm³/mol. The van der Waals surface area contributed by atoms with Gasteiger partial charge < -0.3 is 29.5 Å². The maximum Gasteiger partial charge on any atom is 0.322 e. The molecule has 2 N–H and O–H groups in total. The highest BCUT2D eigenvalue weighted by Crippen LogP contribution is 2.29. The van der Waals surface area contributed by atoms with E-state index in [9.17, 15) is 9.59 Å². The van der Waals surface area contributed by atoms with Gasteiger partial charge >= 0.3 is 12.0 Å². The second-order valence-electron chi connectivity index (χ2n) is 7.82. The molecule has 8 nitrogen and oxygen atoms in total. The van der Waals surface area contributed by atoms with E-state index in [0.29, 0.717) is 36.0 Å². The summed E-state index contributed by atoms with van der Waals surface area (Å²) < 4.78 is 16.1. The summed E-state index contributed by atoms with van der Waals surface area (Å²) in [5.41, 5.74) is 1.52. The molecule has 180 valence electrons. The van der Waals surface area contributed by atoms with E-state index in [1.165, 1.54) is 0 Å². The highest BCUT2D eigenvalue weighted by Gasteiger charge is 2.17. The summed E-state index contributed by atoms with van der Waals surface area (Å²) in [5.74, 6) is 0.279. The Hall–Kier alpha value is -3.42. The fourth-order valence-electron chi connectivity index (χ4n) is 3.11. The van der Waals surface area contributed by atoms with Crippen molar-refractivity contribution in [1.82, 2.24) is 4.90 Å². The van der Waals surface area contributed by atoms with Crippen molar-refractivity contribution in [3.63, 3.8) is 0 Å². The summed E-state index contributed by atoms with van der Waals surface area (Å²) >= 11 is 0. The number of hydrogen-bond acceptors (Lipinski definition) is 5. The van der Waals surface area contributed by atoms with Gasteiger partial charge in [0.15, 0.2) is 0 Å². The third-order valence-corrected chi connectivity index (χ3v) is 5.19. The van der Waals surface area contributed by atoms with Gasteiger partial charge in [0, 0.05) is 19.2 Å². The van der Waals surface area contributed by atoms with Gasteiger partial charge in [-0.2, -0.15) is 0 Å². The fraction of sp³-hybridized carbons (Fsp3) is 0.440. The molecule has 2 rings (SSSR count). The molecule has 0 heterocycles. The van der Waals surface area contributed by atoms with Crippen molar-refractivity contribution in [3.05, 3.63) is 48.0 Å². The molecule has 2 aromatic rings. The zero-order chi connectivity index (χ0) is 24.2. The SMILES string of the molecule is CCCCCN(Cc1ccc(OCC(C)C(=O)O)cc1)C(=O)Nc1ccc(OC)cc1OC. The smallest absolute Gasteiger partial charge is 0.322 e. The van der Waals surface area contributed by atoms with Crippen LogP contribution in [-0.2, 0) is 11.3 Å². The number of hydrogen-bond donors (Lipinski definition) is 2. The average Bonchev–Trinajstić information content (AvgIpc) is 2.82. The molecule has 0 saturated heterocycles. The number of urea groups is 1. The minimum atomic E-state index is -0.895. The van der Waals surface area contributed by atoms with E-state index in [1.54, 1.807) is 56.4 Å². The third kappa shape index (κ3) is 8.21. The van der Waals surface area contributed by atoms with Crippen molar-refractivity contribution in [3.8, 4) is 17.2 Å². The minimum absolute atomic E-state index is 0.101. The van der Waals surface area contributed by atoms with Gasteiger partial charge in [-0.1, -0.05) is 31.9 Å². The van der Waals surface area contributed by atoms with Gasteiger partial charge in [-0.25, -0.2) is 4.79 Å². The van der Waals surface area contributed by atoms with Crippen molar-refractivity contribution in [2.24, 2.45) is 5.92 Å². The van der Waals surface area contributed by atoms with Crippen LogP contribution in [-0.4, -0.2) is 49.4 Å². The van der Waals surface area contributed by atoms with Crippen LogP contribution in [0.2, 0.25) is 0 Å². The Balaban J connectivity index is 2.07. The second kappa shape index (κ2) is 13.2. The topological polar surface area (TPSA) is 97.3 Å². The molecule has 2 aromatic carbocycles. The van der Waals surface area contributed by atoms with Crippen molar-refractivity contribution in [2.75, 3.05) is 32.7 Å². The van der Waals surface area contributed by atoms with E-state index in [-0.39, 0.29) is 12.6 Å². The predicted octanol–water partition coefficient (Wildman–Crippen LogP) is 5.03. The molecule has 0 aliphatic heterocycles. The van der Waals surface area contributed by atoms with Gasteiger partial charge in [0.05, 0.1) is 25.8 Å². The van der Waals surface area contributed by atoms with Gasteiger partial charge in [0.2, 0.25) is 0 Å². The number of benzene rings is 2. The van der Waals surface area contributed by atoms with Crippen LogP contribution in [0.15, 0.2) is 42.5 Å². The first kappa shape index (κ1) is 25.8. The summed E-state index contributed by atoms with van der Waals surface area (Å²) in [4.78, 5) is 25.8. The fourth-order valence-corrected chi connectivity index (χ4v) is 3.11. The monoisotopic (exact) mass is 458 g/mol. The van der Waals surface area contributed by atoms with E-state index >= 15 is 0 Å². The molecule has 0 bridgehead atoms. The van der Waals surface area contributed by atoms with E-state index in [4.69, 9.17) is 19.3 Å². The maximum absolute atomic E-state index is 13.1. The molecule has 0 radical (unpaired) electrons. The molecule has 2 amide bonds. The first-order valence-electron chi connectivity index (χ1n) is 11.1. The van der Waals surface area contributed by atoms with Crippen LogP contribution in [0.1, 0.15) is 38.7 Å². The highest BCUT2D eigenvalue weighted by atomic mass is 16.5. The number of carboxylic acids is 1. The summed E-state index contributed by atoms with van der Waals surface area (Å²) in [6, 6.07) is 12.4. The third-order valence-electron chi connectivity index (χ3n) is 5.19. The standard InChI is InChI=1S/C25H34N2O6/c1-5-6-7-14-27(25(30)26-22-13-12-21(31-3)15-23(22)32-4)16-19-8-10-20(11-9-19)33-17-18(2)24(28)29/h8-13,15,18H,5-7,14,16-17H2,1-4H3,(H,26,30)(H,28,29). The Morgan fingerprint density at radius 1 is 1.03 bits per heavy atom. The molecule has 33 heavy (non-hydrogen) atoms. The molecule has 8 heteroatoms. The molecule has 0 aromatic heterocycles. The quantitative estimate of drug-likeness (QED) is 0.409. The van der Waals surface area contributed by atoms with Crippen LogP contribution in [0.3, 0.4) is 0 Å². The Kier molecular flexibility index (Phi) is 10.3. The zero-order valence-electron chi connectivity index (χ0n) is 19.8. The molecular formula is C25H34N2O6. The number of anilines is 1. The molecule has 0 fully saturated rings. The van der Waals surface area contributed by atoms with Gasteiger partial charge in [0.25, 0.3) is 0 Å². The van der Waals surface area contributed by atoms with Crippen LogP contribution < -0.4 is 19.5 Å². The van der Waals surface area contributed by atoms with Crippen LogP contribution in [0, 0.1) is 5.92 Å². The van der Waals surface area contributed by atoms with Crippen LogP contribution in [0.4, 0.5) is 10.5 Å². The first-order chi connectivity index (χ1) is 15.9. The Labute approximate surface area is 195 Å². The number of nitrogens with one attached hydrogen (secondary N) is 1. The molecule has 0 spiro atoms. The number of aliphatic carboxylic acids is 1. The molecular weight excluding hydrogens is 424 g/mol. The van der Waals surface area contributed by atoms with Crippen LogP contribution in [0.25, 0.3) is 0 Å². The van der Waals surface area contributed by atoms with Gasteiger partial charge in [-0.3, -0.25) is 4.79 Å². The second-order valence-corrected chi connectivity index (χ2v) is 7.82. The van der Waals surface area contributed by atoms with E-state index in [1.807, 2.05) is 12.1 Å². The summed E-state index contributed by atoms with van der Waals surface area (Å²) in [7, 11) is 3.12. The number of unbranched alkanes of at least 4 members (excludes halogenated alkanes) is 2. The van der Waals surface area contributed by atoms with Gasteiger partial charge in [0.1, 0.15) is 23.9 Å². The Bertz CT molecular complexity index is 900.